The number of benzene rings is 1. The van der Waals surface area contributed by atoms with Gasteiger partial charge in [0.2, 0.25) is 11.0 Å². The van der Waals surface area contributed by atoms with Gasteiger partial charge in [-0.2, -0.15) is 0 Å². The van der Waals surface area contributed by atoms with Crippen molar-refractivity contribution in [3.05, 3.63) is 24.3 Å². The second kappa shape index (κ2) is 9.23. The highest BCUT2D eigenvalue weighted by molar-refractivity contribution is 8.02. The van der Waals surface area contributed by atoms with E-state index < -0.39 is 0 Å². The number of aromatic nitrogens is 2. The highest BCUT2D eigenvalue weighted by Gasteiger charge is 2.18. The number of nitrogens with one attached hydrogen (secondary N) is 2. The molecule has 1 amide bonds. The van der Waals surface area contributed by atoms with Crippen molar-refractivity contribution in [3.8, 4) is 0 Å². The second-order valence-corrected chi connectivity index (χ2v) is 8.81. The van der Waals surface area contributed by atoms with E-state index >= 15 is 0 Å². The van der Waals surface area contributed by atoms with Crippen LogP contribution in [0, 0.1) is 0 Å². The molecule has 0 unspecified atom stereocenters. The van der Waals surface area contributed by atoms with Crippen molar-refractivity contribution < 1.29 is 4.79 Å². The maximum atomic E-state index is 12.4. The summed E-state index contributed by atoms with van der Waals surface area (Å²) in [6, 6.07) is 8.14. The Morgan fingerprint density at radius 3 is 2.65 bits per heavy atom. The van der Waals surface area contributed by atoms with Gasteiger partial charge in [0, 0.05) is 31.0 Å². The van der Waals surface area contributed by atoms with Crippen LogP contribution in [0.4, 0.5) is 16.5 Å². The van der Waals surface area contributed by atoms with Crippen molar-refractivity contribution >= 4 is 45.5 Å². The third-order valence-electron chi connectivity index (χ3n) is 4.24. The van der Waals surface area contributed by atoms with E-state index in [9.17, 15) is 4.79 Å². The van der Waals surface area contributed by atoms with E-state index in [4.69, 9.17) is 0 Å². The van der Waals surface area contributed by atoms with Gasteiger partial charge in [-0.15, -0.1) is 10.2 Å². The molecule has 0 radical (unpaired) electrons. The summed E-state index contributed by atoms with van der Waals surface area (Å²) in [5.41, 5.74) is 2.06. The van der Waals surface area contributed by atoms with Crippen LogP contribution >= 0.6 is 23.1 Å². The Bertz CT molecular complexity index is 713. The number of amides is 1. The van der Waals surface area contributed by atoms with Gasteiger partial charge in [0.25, 0.3) is 0 Å². The topological polar surface area (TPSA) is 70.1 Å². The normalized spacial score (nSPS) is 15.5. The Balaban J connectivity index is 1.52. The van der Waals surface area contributed by atoms with E-state index in [0.717, 1.165) is 34.8 Å². The zero-order chi connectivity index (χ0) is 18.4. The molecule has 26 heavy (non-hydrogen) atoms. The van der Waals surface area contributed by atoms with Gasteiger partial charge in [0.15, 0.2) is 4.34 Å². The summed E-state index contributed by atoms with van der Waals surface area (Å²) < 4.78 is 0.795. The molecule has 0 saturated carbocycles. The molecule has 2 N–H and O–H groups in total. The Kier molecular flexibility index (Phi) is 6.73. The van der Waals surface area contributed by atoms with Crippen molar-refractivity contribution in [2.45, 2.75) is 42.7 Å². The van der Waals surface area contributed by atoms with E-state index in [1.54, 1.807) is 0 Å². The summed E-state index contributed by atoms with van der Waals surface area (Å²) in [6.07, 6.45) is 3.84. The number of thioether (sulfide) groups is 1. The molecule has 2 aromatic rings. The standard InChI is InChI=1S/C18H25N5OS2/c1-3-19-17-21-22-18(26-17)25-13(2)16(24)20-14-7-9-15(10-8-14)23-11-5-4-6-12-23/h7-10,13H,3-6,11-12H2,1-2H3,(H,19,21)(H,20,24)/t13-/m0/s1. The predicted molar refractivity (Wildman–Crippen MR) is 111 cm³/mol. The van der Waals surface area contributed by atoms with Crippen LogP contribution in [0.2, 0.25) is 0 Å². The van der Waals surface area contributed by atoms with Crippen molar-refractivity contribution in [2.75, 3.05) is 35.2 Å². The molecule has 1 aromatic carbocycles. The number of piperidine rings is 1. The molecule has 1 aliphatic rings. The van der Waals surface area contributed by atoms with Gasteiger partial charge in [0.1, 0.15) is 0 Å². The number of hydrogen-bond donors (Lipinski definition) is 2. The minimum atomic E-state index is -0.237. The van der Waals surface area contributed by atoms with Crippen LogP contribution in [-0.2, 0) is 4.79 Å². The summed E-state index contributed by atoms with van der Waals surface area (Å²) in [5.74, 6) is -0.0269. The molecule has 0 aliphatic carbocycles. The van der Waals surface area contributed by atoms with Crippen LogP contribution in [0.5, 0.6) is 0 Å². The van der Waals surface area contributed by atoms with Crippen LogP contribution in [0.15, 0.2) is 28.6 Å². The third kappa shape index (κ3) is 5.11. The van der Waals surface area contributed by atoms with Gasteiger partial charge < -0.3 is 15.5 Å². The molecule has 1 atom stereocenters. The number of anilines is 3. The van der Waals surface area contributed by atoms with Gasteiger partial charge in [0.05, 0.1) is 5.25 Å². The molecule has 140 valence electrons. The highest BCUT2D eigenvalue weighted by Crippen LogP contribution is 2.29. The van der Waals surface area contributed by atoms with Crippen LogP contribution in [-0.4, -0.2) is 41.0 Å². The van der Waals surface area contributed by atoms with Gasteiger partial charge in [-0.25, -0.2) is 0 Å². The minimum Gasteiger partial charge on any atom is -0.372 e. The first-order valence-corrected chi connectivity index (χ1v) is 10.7. The van der Waals surface area contributed by atoms with Crippen molar-refractivity contribution in [1.82, 2.24) is 10.2 Å². The first kappa shape index (κ1) is 19.0. The minimum absolute atomic E-state index is 0.0269. The Morgan fingerprint density at radius 2 is 1.96 bits per heavy atom. The maximum absolute atomic E-state index is 12.4. The van der Waals surface area contributed by atoms with Gasteiger partial charge in [-0.3, -0.25) is 4.79 Å². The maximum Gasteiger partial charge on any atom is 0.237 e. The number of hydrogen-bond acceptors (Lipinski definition) is 7. The summed E-state index contributed by atoms with van der Waals surface area (Å²) in [7, 11) is 0. The number of carbonyl (C=O) groups is 1. The lowest BCUT2D eigenvalue weighted by Crippen LogP contribution is -2.29. The summed E-state index contributed by atoms with van der Waals surface area (Å²) in [4.78, 5) is 14.8. The molecule has 3 rings (SSSR count). The SMILES string of the molecule is CCNc1nnc(S[C@@H](C)C(=O)Nc2ccc(N3CCCCC3)cc2)s1. The fraction of sp³-hybridized carbons (Fsp3) is 0.500. The molecule has 1 aromatic heterocycles. The van der Waals surface area contributed by atoms with Crippen molar-refractivity contribution in [3.63, 3.8) is 0 Å². The lowest BCUT2D eigenvalue weighted by atomic mass is 10.1. The Morgan fingerprint density at radius 1 is 1.23 bits per heavy atom. The van der Waals surface area contributed by atoms with Crippen LogP contribution in [0.3, 0.4) is 0 Å². The van der Waals surface area contributed by atoms with E-state index in [0.29, 0.717) is 0 Å². The largest absolute Gasteiger partial charge is 0.372 e. The first-order chi connectivity index (χ1) is 12.7. The molecule has 0 bridgehead atoms. The van der Waals surface area contributed by atoms with Gasteiger partial charge in [-0.1, -0.05) is 23.1 Å². The fourth-order valence-corrected chi connectivity index (χ4v) is 4.80. The molecular weight excluding hydrogens is 366 g/mol. The molecule has 6 nitrogen and oxygen atoms in total. The molecule has 8 heteroatoms. The first-order valence-electron chi connectivity index (χ1n) is 9.05. The van der Waals surface area contributed by atoms with Crippen LogP contribution in [0.25, 0.3) is 0 Å². The van der Waals surface area contributed by atoms with Crippen molar-refractivity contribution in [1.29, 1.82) is 0 Å². The average Bonchev–Trinajstić information content (AvgIpc) is 3.10. The van der Waals surface area contributed by atoms with E-state index in [2.05, 4.69) is 37.9 Å². The van der Waals surface area contributed by atoms with Gasteiger partial charge in [-0.05, 0) is 57.4 Å². The Hall–Kier alpha value is -1.80. The Labute approximate surface area is 162 Å². The summed E-state index contributed by atoms with van der Waals surface area (Å²) in [6.45, 7) is 6.95. The van der Waals surface area contributed by atoms with E-state index in [1.807, 2.05) is 26.0 Å². The van der Waals surface area contributed by atoms with Crippen LogP contribution < -0.4 is 15.5 Å². The molecular formula is C18H25N5OS2. The number of rotatable bonds is 7. The van der Waals surface area contributed by atoms with Gasteiger partial charge >= 0.3 is 0 Å². The highest BCUT2D eigenvalue weighted by atomic mass is 32.2. The lowest BCUT2D eigenvalue weighted by Gasteiger charge is -2.28. The average molecular weight is 392 g/mol. The molecule has 0 spiro atoms. The zero-order valence-electron chi connectivity index (χ0n) is 15.2. The van der Waals surface area contributed by atoms with E-state index in [-0.39, 0.29) is 11.2 Å². The monoisotopic (exact) mass is 391 g/mol. The number of nitrogens with zero attached hydrogens (tertiary/aromatic N) is 3. The number of carbonyl (C=O) groups excluding carboxylic acids is 1. The zero-order valence-corrected chi connectivity index (χ0v) is 16.8. The lowest BCUT2D eigenvalue weighted by molar-refractivity contribution is -0.115. The molecule has 1 saturated heterocycles. The third-order valence-corrected chi connectivity index (χ3v) is 6.30. The van der Waals surface area contributed by atoms with Crippen LogP contribution in [0.1, 0.15) is 33.1 Å². The molecule has 1 aliphatic heterocycles. The smallest absolute Gasteiger partial charge is 0.237 e. The second-order valence-electron chi connectivity index (χ2n) is 6.25. The fourth-order valence-electron chi connectivity index (χ4n) is 2.84. The summed E-state index contributed by atoms with van der Waals surface area (Å²) in [5, 5.41) is 14.8. The predicted octanol–water partition coefficient (Wildman–Crippen LogP) is 4.08. The summed E-state index contributed by atoms with van der Waals surface area (Å²) >= 11 is 2.90. The van der Waals surface area contributed by atoms with Crippen molar-refractivity contribution in [2.24, 2.45) is 0 Å². The molecule has 1 fully saturated rings. The quantitative estimate of drug-likeness (QED) is 0.693. The molecule has 2 heterocycles. The van der Waals surface area contributed by atoms with E-state index in [1.165, 1.54) is 48.0 Å².